The predicted molar refractivity (Wildman–Crippen MR) is 58.5 cm³/mol. The van der Waals surface area contributed by atoms with Gasteiger partial charge in [-0.2, -0.15) is 0 Å². The number of aryl methyl sites for hydroxylation is 1. The zero-order chi connectivity index (χ0) is 12.1. The minimum atomic E-state index is -0.462. The summed E-state index contributed by atoms with van der Waals surface area (Å²) in [4.78, 5) is 12.3. The quantitative estimate of drug-likeness (QED) is 0.796. The van der Waals surface area contributed by atoms with Gasteiger partial charge in [0.2, 0.25) is 0 Å². The molecule has 5 heteroatoms. The molecule has 1 aromatic rings. The van der Waals surface area contributed by atoms with Crippen LogP contribution in [0.4, 0.5) is 4.79 Å². The second kappa shape index (κ2) is 5.25. The summed E-state index contributed by atoms with van der Waals surface area (Å²) in [7, 11) is 2.88. The van der Waals surface area contributed by atoms with Crippen LogP contribution in [0, 0.1) is 6.92 Å². The first-order valence-electron chi connectivity index (χ1n) is 4.76. The summed E-state index contributed by atoms with van der Waals surface area (Å²) in [5, 5.41) is 9.31. The molecule has 0 unspecified atom stereocenters. The van der Waals surface area contributed by atoms with Gasteiger partial charge >= 0.3 is 6.09 Å². The van der Waals surface area contributed by atoms with Gasteiger partial charge in [-0.25, -0.2) is 4.79 Å². The summed E-state index contributed by atoms with van der Waals surface area (Å²) in [6, 6.07) is 4.87. The highest BCUT2D eigenvalue weighted by molar-refractivity contribution is 5.66. The van der Waals surface area contributed by atoms with Crippen LogP contribution in [0.5, 0.6) is 11.5 Å². The molecule has 0 aromatic heterocycles. The number of hydrogen-bond acceptors (Lipinski definition) is 4. The van der Waals surface area contributed by atoms with Gasteiger partial charge in [0.05, 0.1) is 7.11 Å². The van der Waals surface area contributed by atoms with Crippen LogP contribution >= 0.6 is 0 Å². The number of ether oxygens (including phenoxy) is 2. The first-order valence-corrected chi connectivity index (χ1v) is 4.76. The smallest absolute Gasteiger partial charge is 0.411 e. The molecule has 1 amide bonds. The third-order valence-electron chi connectivity index (χ3n) is 2.08. The minimum absolute atomic E-state index is 0.0941. The highest BCUT2D eigenvalue weighted by atomic mass is 16.6. The molecule has 0 fully saturated rings. The molecule has 0 bridgehead atoms. The average molecular weight is 225 g/mol. The van der Waals surface area contributed by atoms with Gasteiger partial charge in [-0.05, 0) is 30.7 Å². The Kier molecular flexibility index (Phi) is 3.99. The Morgan fingerprint density at radius 1 is 1.50 bits per heavy atom. The maximum absolute atomic E-state index is 11.0. The first kappa shape index (κ1) is 12.2. The molecule has 0 saturated carbocycles. The number of benzene rings is 1. The molecular formula is C11H15NO4. The van der Waals surface area contributed by atoms with Crippen molar-refractivity contribution in [1.29, 1.82) is 0 Å². The van der Waals surface area contributed by atoms with Crippen LogP contribution in [0.1, 0.15) is 5.56 Å². The third-order valence-corrected chi connectivity index (χ3v) is 2.08. The molecule has 1 aromatic carbocycles. The summed E-state index contributed by atoms with van der Waals surface area (Å²) in [5.74, 6) is 0.805. The second-order valence-corrected chi connectivity index (χ2v) is 3.39. The van der Waals surface area contributed by atoms with Crippen LogP contribution in [-0.4, -0.2) is 37.0 Å². The fourth-order valence-corrected chi connectivity index (χ4v) is 1.10. The van der Waals surface area contributed by atoms with Gasteiger partial charge in [-0.3, -0.25) is 4.90 Å². The van der Waals surface area contributed by atoms with Crippen molar-refractivity contribution in [2.24, 2.45) is 0 Å². The summed E-state index contributed by atoms with van der Waals surface area (Å²) >= 11 is 0. The Morgan fingerprint density at radius 3 is 2.75 bits per heavy atom. The van der Waals surface area contributed by atoms with Crippen LogP contribution < -0.4 is 4.74 Å². The Balaban J connectivity index is 2.55. The monoisotopic (exact) mass is 225 g/mol. The van der Waals surface area contributed by atoms with E-state index in [1.54, 1.807) is 32.2 Å². The van der Waals surface area contributed by atoms with E-state index in [0.29, 0.717) is 5.75 Å². The van der Waals surface area contributed by atoms with E-state index in [1.165, 1.54) is 12.0 Å². The van der Waals surface area contributed by atoms with Crippen LogP contribution in [0.3, 0.4) is 0 Å². The number of phenols is 1. The number of nitrogens with zero attached hydrogens (tertiary/aromatic N) is 1. The normalized spacial score (nSPS) is 9.69. The van der Waals surface area contributed by atoms with Gasteiger partial charge in [0, 0.05) is 7.05 Å². The van der Waals surface area contributed by atoms with E-state index in [0.717, 1.165) is 5.56 Å². The molecule has 0 aliphatic rings. The maximum Gasteiger partial charge on any atom is 0.411 e. The van der Waals surface area contributed by atoms with E-state index in [9.17, 15) is 9.90 Å². The maximum atomic E-state index is 11.0. The molecule has 0 radical (unpaired) electrons. The van der Waals surface area contributed by atoms with Gasteiger partial charge in [-0.15, -0.1) is 0 Å². The molecule has 88 valence electrons. The molecule has 0 atom stereocenters. The zero-order valence-electron chi connectivity index (χ0n) is 9.56. The fraction of sp³-hybridized carbons (Fsp3) is 0.364. The highest BCUT2D eigenvalue weighted by Crippen LogP contribution is 2.21. The minimum Gasteiger partial charge on any atom is -0.508 e. The van der Waals surface area contributed by atoms with Crippen molar-refractivity contribution in [3.63, 3.8) is 0 Å². The third kappa shape index (κ3) is 3.05. The molecule has 16 heavy (non-hydrogen) atoms. The van der Waals surface area contributed by atoms with Crippen molar-refractivity contribution in [3.8, 4) is 11.5 Å². The van der Waals surface area contributed by atoms with Crippen LogP contribution in [0.2, 0.25) is 0 Å². The van der Waals surface area contributed by atoms with Crippen molar-refractivity contribution >= 4 is 6.09 Å². The molecule has 0 spiro atoms. The largest absolute Gasteiger partial charge is 0.508 e. The Hall–Kier alpha value is -1.91. The van der Waals surface area contributed by atoms with Gasteiger partial charge in [0.1, 0.15) is 11.5 Å². The van der Waals surface area contributed by atoms with Gasteiger partial charge < -0.3 is 14.6 Å². The molecule has 0 aliphatic carbocycles. The number of amides is 1. The van der Waals surface area contributed by atoms with Gasteiger partial charge in [0.25, 0.3) is 0 Å². The molecular weight excluding hydrogens is 210 g/mol. The standard InChI is InChI=1S/C11H15NO4/c1-8-6-9(4-5-10(8)13)16-7-12(2)11(14)15-3/h4-6,13H,7H2,1-3H3. The van der Waals surface area contributed by atoms with E-state index >= 15 is 0 Å². The number of phenolic OH excluding ortho intramolecular Hbond substituents is 1. The number of carbonyl (C=O) groups is 1. The lowest BCUT2D eigenvalue weighted by Crippen LogP contribution is -2.30. The lowest BCUT2D eigenvalue weighted by molar-refractivity contribution is 0.0982. The number of carbonyl (C=O) groups excluding carboxylic acids is 1. The first-order chi connectivity index (χ1) is 7.54. The topological polar surface area (TPSA) is 59.0 Å². The SMILES string of the molecule is COC(=O)N(C)COc1ccc(O)c(C)c1. The second-order valence-electron chi connectivity index (χ2n) is 3.39. The molecule has 0 heterocycles. The summed E-state index contributed by atoms with van der Waals surface area (Å²) in [5.41, 5.74) is 0.721. The van der Waals surface area contributed by atoms with Crippen LogP contribution in [0.25, 0.3) is 0 Å². The van der Waals surface area contributed by atoms with E-state index in [2.05, 4.69) is 4.74 Å². The average Bonchev–Trinajstić information content (AvgIpc) is 2.29. The van der Waals surface area contributed by atoms with Crippen molar-refractivity contribution in [2.45, 2.75) is 6.92 Å². The van der Waals surface area contributed by atoms with Gasteiger partial charge in [0.15, 0.2) is 6.73 Å². The highest BCUT2D eigenvalue weighted by Gasteiger charge is 2.08. The summed E-state index contributed by atoms with van der Waals surface area (Å²) in [6.07, 6.45) is -0.462. The predicted octanol–water partition coefficient (Wildman–Crippen LogP) is 1.74. The van der Waals surface area contributed by atoms with Crippen molar-refractivity contribution in [2.75, 3.05) is 20.9 Å². The van der Waals surface area contributed by atoms with Crippen LogP contribution in [0.15, 0.2) is 18.2 Å². The number of methoxy groups -OCH3 is 1. The Morgan fingerprint density at radius 2 is 2.19 bits per heavy atom. The molecule has 0 aliphatic heterocycles. The molecule has 1 rings (SSSR count). The summed E-state index contributed by atoms with van der Waals surface area (Å²) in [6.45, 7) is 1.86. The van der Waals surface area contributed by atoms with Crippen LogP contribution in [-0.2, 0) is 4.74 Å². The Labute approximate surface area is 94.2 Å². The van der Waals surface area contributed by atoms with Crippen molar-refractivity contribution < 1.29 is 19.4 Å². The lowest BCUT2D eigenvalue weighted by atomic mass is 10.2. The number of rotatable bonds is 3. The fourth-order valence-electron chi connectivity index (χ4n) is 1.10. The van der Waals surface area contributed by atoms with E-state index < -0.39 is 6.09 Å². The van der Waals surface area contributed by atoms with Crippen molar-refractivity contribution in [3.05, 3.63) is 23.8 Å². The summed E-state index contributed by atoms with van der Waals surface area (Å²) < 4.78 is 9.85. The van der Waals surface area contributed by atoms with Gasteiger partial charge in [-0.1, -0.05) is 0 Å². The zero-order valence-corrected chi connectivity index (χ0v) is 9.56. The number of aromatic hydroxyl groups is 1. The lowest BCUT2D eigenvalue weighted by Gasteiger charge is -2.16. The van der Waals surface area contributed by atoms with E-state index in [-0.39, 0.29) is 12.5 Å². The molecule has 1 N–H and O–H groups in total. The van der Waals surface area contributed by atoms with Crippen molar-refractivity contribution in [1.82, 2.24) is 4.90 Å². The Bertz CT molecular complexity index is 378. The van der Waals surface area contributed by atoms with E-state index in [1.807, 2.05) is 0 Å². The van der Waals surface area contributed by atoms with E-state index in [4.69, 9.17) is 4.74 Å². The molecule has 0 saturated heterocycles. The number of hydrogen-bond donors (Lipinski definition) is 1. The molecule has 5 nitrogen and oxygen atoms in total.